The highest BCUT2D eigenvalue weighted by Gasteiger charge is 2.15. The standard InChI is InChI=1S/C14H14BrNO3S/c1-10-3-8-13(15)14(9-10)16-20(17,18)12-6-4-11(19-2)5-7-12/h3-9,16H,1-2H3. The van der Waals surface area contributed by atoms with E-state index >= 15 is 0 Å². The number of hydrogen-bond donors (Lipinski definition) is 1. The Morgan fingerprint density at radius 3 is 2.35 bits per heavy atom. The van der Waals surface area contributed by atoms with Crippen molar-refractivity contribution in [1.29, 1.82) is 0 Å². The molecule has 2 rings (SSSR count). The highest BCUT2D eigenvalue weighted by Crippen LogP contribution is 2.26. The number of hydrogen-bond acceptors (Lipinski definition) is 3. The summed E-state index contributed by atoms with van der Waals surface area (Å²) in [5.41, 5.74) is 1.49. The Morgan fingerprint density at radius 1 is 1.10 bits per heavy atom. The van der Waals surface area contributed by atoms with Gasteiger partial charge in [-0.2, -0.15) is 0 Å². The molecule has 0 spiro atoms. The van der Waals surface area contributed by atoms with E-state index in [2.05, 4.69) is 20.7 Å². The van der Waals surface area contributed by atoms with E-state index in [1.165, 1.54) is 19.2 Å². The first-order valence-electron chi connectivity index (χ1n) is 5.85. The third-order valence-corrected chi connectivity index (χ3v) is 4.81. The van der Waals surface area contributed by atoms with Crippen molar-refractivity contribution in [2.45, 2.75) is 11.8 Å². The van der Waals surface area contributed by atoms with Crippen LogP contribution in [-0.2, 0) is 10.0 Å². The average Bonchev–Trinajstić information content (AvgIpc) is 2.43. The lowest BCUT2D eigenvalue weighted by Crippen LogP contribution is -2.13. The van der Waals surface area contributed by atoms with Crippen LogP contribution in [0.3, 0.4) is 0 Å². The Bertz CT molecular complexity index is 712. The molecule has 6 heteroatoms. The quantitative estimate of drug-likeness (QED) is 0.911. The highest BCUT2D eigenvalue weighted by molar-refractivity contribution is 9.10. The zero-order valence-corrected chi connectivity index (χ0v) is 13.5. The van der Waals surface area contributed by atoms with Crippen molar-refractivity contribution < 1.29 is 13.2 Å². The van der Waals surface area contributed by atoms with Gasteiger partial charge in [-0.25, -0.2) is 8.42 Å². The zero-order chi connectivity index (χ0) is 14.8. The van der Waals surface area contributed by atoms with Crippen molar-refractivity contribution in [2.24, 2.45) is 0 Å². The highest BCUT2D eigenvalue weighted by atomic mass is 79.9. The van der Waals surface area contributed by atoms with Crippen LogP contribution in [0, 0.1) is 6.92 Å². The average molecular weight is 356 g/mol. The molecule has 1 N–H and O–H groups in total. The van der Waals surface area contributed by atoms with Crippen LogP contribution in [0.1, 0.15) is 5.56 Å². The molecule has 0 unspecified atom stereocenters. The second kappa shape index (κ2) is 5.85. The number of benzene rings is 2. The maximum absolute atomic E-state index is 12.3. The molecule has 0 bridgehead atoms. The van der Waals surface area contributed by atoms with Crippen molar-refractivity contribution in [1.82, 2.24) is 0 Å². The third-order valence-electron chi connectivity index (χ3n) is 2.74. The van der Waals surface area contributed by atoms with Crippen LogP contribution in [0.15, 0.2) is 51.8 Å². The minimum atomic E-state index is -3.61. The van der Waals surface area contributed by atoms with Gasteiger partial charge in [0.05, 0.1) is 17.7 Å². The van der Waals surface area contributed by atoms with Crippen molar-refractivity contribution in [3.63, 3.8) is 0 Å². The molecule has 0 fully saturated rings. The summed E-state index contributed by atoms with van der Waals surface area (Å²) < 4.78 is 32.9. The number of ether oxygens (including phenoxy) is 1. The molecule has 0 saturated carbocycles. The van der Waals surface area contributed by atoms with Crippen molar-refractivity contribution in [3.8, 4) is 5.75 Å². The Hall–Kier alpha value is -1.53. The van der Waals surface area contributed by atoms with Gasteiger partial charge in [-0.05, 0) is 64.8 Å². The lowest BCUT2D eigenvalue weighted by molar-refractivity contribution is 0.414. The summed E-state index contributed by atoms with van der Waals surface area (Å²) in [7, 11) is -2.08. The van der Waals surface area contributed by atoms with Gasteiger partial charge < -0.3 is 4.74 Å². The number of nitrogens with one attached hydrogen (secondary N) is 1. The topological polar surface area (TPSA) is 55.4 Å². The fraction of sp³-hybridized carbons (Fsp3) is 0.143. The van der Waals surface area contributed by atoms with Crippen LogP contribution in [0.25, 0.3) is 0 Å². The molecular formula is C14H14BrNO3S. The molecule has 0 saturated heterocycles. The fourth-order valence-electron chi connectivity index (χ4n) is 1.68. The smallest absolute Gasteiger partial charge is 0.261 e. The molecule has 0 amide bonds. The largest absolute Gasteiger partial charge is 0.497 e. The van der Waals surface area contributed by atoms with Gasteiger partial charge in [0.2, 0.25) is 0 Å². The second-order valence-electron chi connectivity index (χ2n) is 4.26. The number of sulfonamides is 1. The molecular weight excluding hydrogens is 342 g/mol. The first kappa shape index (κ1) is 14.9. The molecule has 20 heavy (non-hydrogen) atoms. The van der Waals surface area contributed by atoms with E-state index in [1.54, 1.807) is 24.3 Å². The normalized spacial score (nSPS) is 11.2. The van der Waals surface area contributed by atoms with E-state index in [1.807, 2.05) is 13.0 Å². The van der Waals surface area contributed by atoms with Gasteiger partial charge in [-0.3, -0.25) is 4.72 Å². The molecule has 2 aromatic carbocycles. The molecule has 0 aliphatic heterocycles. The molecule has 4 nitrogen and oxygen atoms in total. The van der Waals surface area contributed by atoms with Crippen LogP contribution < -0.4 is 9.46 Å². The number of rotatable bonds is 4. The summed E-state index contributed by atoms with van der Waals surface area (Å²) in [6.45, 7) is 1.90. The monoisotopic (exact) mass is 355 g/mol. The molecule has 106 valence electrons. The summed E-state index contributed by atoms with van der Waals surface area (Å²) in [6.07, 6.45) is 0. The van der Waals surface area contributed by atoms with Gasteiger partial charge in [0.25, 0.3) is 10.0 Å². The first-order chi connectivity index (χ1) is 9.42. The van der Waals surface area contributed by atoms with Crippen LogP contribution in [-0.4, -0.2) is 15.5 Å². The van der Waals surface area contributed by atoms with Gasteiger partial charge >= 0.3 is 0 Å². The van der Waals surface area contributed by atoms with E-state index in [0.29, 0.717) is 15.9 Å². The van der Waals surface area contributed by atoms with Gasteiger partial charge in [-0.1, -0.05) is 6.07 Å². The molecule has 2 aromatic rings. The maximum Gasteiger partial charge on any atom is 0.261 e. The van der Waals surface area contributed by atoms with E-state index in [0.717, 1.165) is 5.56 Å². The van der Waals surface area contributed by atoms with Gasteiger partial charge in [-0.15, -0.1) is 0 Å². The van der Waals surface area contributed by atoms with Crippen LogP contribution in [0.2, 0.25) is 0 Å². The van der Waals surface area contributed by atoms with Crippen molar-refractivity contribution >= 4 is 31.6 Å². The minimum Gasteiger partial charge on any atom is -0.497 e. The van der Waals surface area contributed by atoms with Crippen LogP contribution in [0.4, 0.5) is 5.69 Å². The molecule has 0 atom stereocenters. The molecule has 0 radical (unpaired) electrons. The second-order valence-corrected chi connectivity index (χ2v) is 6.80. The fourth-order valence-corrected chi connectivity index (χ4v) is 3.22. The van der Waals surface area contributed by atoms with Gasteiger partial charge in [0, 0.05) is 4.47 Å². The predicted octanol–water partition coefficient (Wildman–Crippen LogP) is 3.57. The summed E-state index contributed by atoms with van der Waals surface area (Å²) in [5.74, 6) is 0.612. The van der Waals surface area contributed by atoms with Crippen molar-refractivity contribution in [3.05, 3.63) is 52.5 Å². The lowest BCUT2D eigenvalue weighted by atomic mass is 10.2. The van der Waals surface area contributed by atoms with E-state index in [4.69, 9.17) is 4.74 Å². The predicted molar refractivity (Wildman–Crippen MR) is 82.7 cm³/mol. The molecule has 0 aliphatic rings. The Balaban J connectivity index is 2.32. The number of anilines is 1. The van der Waals surface area contributed by atoms with E-state index in [9.17, 15) is 8.42 Å². The van der Waals surface area contributed by atoms with E-state index in [-0.39, 0.29) is 4.90 Å². The van der Waals surface area contributed by atoms with Crippen LogP contribution >= 0.6 is 15.9 Å². The minimum absolute atomic E-state index is 0.187. The van der Waals surface area contributed by atoms with Crippen molar-refractivity contribution in [2.75, 3.05) is 11.8 Å². The number of halogens is 1. The maximum atomic E-state index is 12.3. The number of aryl methyl sites for hydroxylation is 1. The molecule has 0 heterocycles. The van der Waals surface area contributed by atoms with Gasteiger partial charge in [0.1, 0.15) is 5.75 Å². The van der Waals surface area contributed by atoms with Crippen LogP contribution in [0.5, 0.6) is 5.75 Å². The summed E-state index contributed by atoms with van der Waals surface area (Å²) in [6, 6.07) is 11.7. The molecule has 0 aromatic heterocycles. The zero-order valence-electron chi connectivity index (χ0n) is 11.1. The number of methoxy groups -OCH3 is 1. The summed E-state index contributed by atoms with van der Waals surface area (Å²) >= 11 is 3.33. The first-order valence-corrected chi connectivity index (χ1v) is 8.13. The van der Waals surface area contributed by atoms with Gasteiger partial charge in [0.15, 0.2) is 0 Å². The molecule has 0 aliphatic carbocycles. The van der Waals surface area contributed by atoms with E-state index < -0.39 is 10.0 Å². The Labute approximate surface area is 127 Å². The summed E-state index contributed by atoms with van der Waals surface area (Å²) in [5, 5.41) is 0. The SMILES string of the molecule is COc1ccc(S(=O)(=O)Nc2cc(C)ccc2Br)cc1. The summed E-state index contributed by atoms with van der Waals surface area (Å²) in [4.78, 5) is 0.187. The Morgan fingerprint density at radius 2 is 1.75 bits per heavy atom. The lowest BCUT2D eigenvalue weighted by Gasteiger charge is -2.11. The Kier molecular flexibility index (Phi) is 4.35. The third kappa shape index (κ3) is 3.32.